The molecule has 0 aromatic heterocycles. The molecule has 0 spiro atoms. The minimum Gasteiger partial charge on any atom is -0.356 e. The van der Waals surface area contributed by atoms with Crippen LogP contribution < -0.4 is 11.1 Å². The monoisotopic (exact) mass is 281 g/mol. The van der Waals surface area contributed by atoms with Crippen LogP contribution in [0, 0.1) is 11.3 Å². The van der Waals surface area contributed by atoms with Gasteiger partial charge in [0.25, 0.3) is 0 Å². The van der Waals surface area contributed by atoms with Gasteiger partial charge in [0.15, 0.2) is 0 Å². The molecule has 0 radical (unpaired) electrons. The number of hydrogen-bond donors (Lipinski definition) is 2. The van der Waals surface area contributed by atoms with Gasteiger partial charge in [-0.1, -0.05) is 13.3 Å². The van der Waals surface area contributed by atoms with E-state index in [0.29, 0.717) is 18.5 Å². The number of piperidine rings is 1. The van der Waals surface area contributed by atoms with Crippen LogP contribution in [0.25, 0.3) is 0 Å². The Bertz CT molecular complexity index is 326. The lowest BCUT2D eigenvalue weighted by Crippen LogP contribution is -2.53. The Kier molecular flexibility index (Phi) is 5.44. The van der Waals surface area contributed by atoms with Crippen LogP contribution in [0.2, 0.25) is 0 Å². The quantitative estimate of drug-likeness (QED) is 0.729. The maximum atomic E-state index is 12.2. The smallest absolute Gasteiger partial charge is 0.227 e. The van der Waals surface area contributed by atoms with Crippen molar-refractivity contribution in [1.82, 2.24) is 10.2 Å². The van der Waals surface area contributed by atoms with Crippen molar-refractivity contribution < 1.29 is 4.79 Å². The normalized spacial score (nSPS) is 34.5. The molecule has 2 rings (SSSR count). The highest BCUT2D eigenvalue weighted by Crippen LogP contribution is 2.44. The molecule has 1 aliphatic carbocycles. The van der Waals surface area contributed by atoms with Crippen molar-refractivity contribution in [2.75, 3.05) is 26.2 Å². The Morgan fingerprint density at radius 2 is 2.10 bits per heavy atom. The first kappa shape index (κ1) is 15.8. The molecule has 1 heterocycles. The molecule has 4 heteroatoms. The lowest BCUT2D eigenvalue weighted by atomic mass is 9.62. The SMILES string of the molecule is CC1CC(CN)(C(=O)NCCCN2CCCCC2C)C1. The van der Waals surface area contributed by atoms with Crippen molar-refractivity contribution in [3.05, 3.63) is 0 Å². The van der Waals surface area contributed by atoms with Crippen molar-refractivity contribution in [2.45, 2.75) is 58.4 Å². The van der Waals surface area contributed by atoms with E-state index in [-0.39, 0.29) is 11.3 Å². The molecule has 20 heavy (non-hydrogen) atoms. The predicted octanol–water partition coefficient (Wildman–Crippen LogP) is 1.74. The third-order valence-electron chi connectivity index (χ3n) is 5.20. The first-order valence-corrected chi connectivity index (χ1v) is 8.30. The molecule has 1 atom stereocenters. The molecule has 0 aromatic carbocycles. The summed E-state index contributed by atoms with van der Waals surface area (Å²) in [7, 11) is 0. The third kappa shape index (κ3) is 3.53. The Hall–Kier alpha value is -0.610. The van der Waals surface area contributed by atoms with Crippen LogP contribution in [0.3, 0.4) is 0 Å². The number of amides is 1. The molecule has 1 saturated heterocycles. The van der Waals surface area contributed by atoms with Gasteiger partial charge in [-0.25, -0.2) is 0 Å². The number of rotatable bonds is 6. The van der Waals surface area contributed by atoms with Crippen LogP contribution in [0.5, 0.6) is 0 Å². The van der Waals surface area contributed by atoms with Gasteiger partial charge in [0, 0.05) is 25.7 Å². The summed E-state index contributed by atoms with van der Waals surface area (Å²) >= 11 is 0. The first-order chi connectivity index (χ1) is 9.57. The van der Waals surface area contributed by atoms with Crippen LogP contribution >= 0.6 is 0 Å². The second-order valence-corrected chi connectivity index (χ2v) is 6.99. The molecule has 1 amide bonds. The zero-order valence-corrected chi connectivity index (χ0v) is 13.2. The highest BCUT2D eigenvalue weighted by atomic mass is 16.2. The lowest BCUT2D eigenvalue weighted by Gasteiger charge is -2.44. The summed E-state index contributed by atoms with van der Waals surface area (Å²) in [6, 6.07) is 0.710. The fraction of sp³-hybridized carbons (Fsp3) is 0.938. The topological polar surface area (TPSA) is 58.4 Å². The molecule has 0 bridgehead atoms. The van der Waals surface area contributed by atoms with E-state index in [9.17, 15) is 4.79 Å². The van der Waals surface area contributed by atoms with Crippen LogP contribution in [0.1, 0.15) is 52.4 Å². The van der Waals surface area contributed by atoms with Gasteiger partial charge < -0.3 is 16.0 Å². The van der Waals surface area contributed by atoms with Gasteiger partial charge in [-0.3, -0.25) is 4.79 Å². The van der Waals surface area contributed by atoms with Crippen molar-refractivity contribution >= 4 is 5.91 Å². The number of carbonyl (C=O) groups excluding carboxylic acids is 1. The van der Waals surface area contributed by atoms with Gasteiger partial charge in [0.05, 0.1) is 5.41 Å². The average molecular weight is 281 g/mol. The Morgan fingerprint density at radius 1 is 1.35 bits per heavy atom. The Morgan fingerprint density at radius 3 is 2.70 bits per heavy atom. The molecule has 1 unspecified atom stereocenters. The predicted molar refractivity (Wildman–Crippen MR) is 82.4 cm³/mol. The van der Waals surface area contributed by atoms with E-state index in [1.165, 1.54) is 25.8 Å². The molecule has 2 fully saturated rings. The van der Waals surface area contributed by atoms with E-state index in [1.54, 1.807) is 0 Å². The highest BCUT2D eigenvalue weighted by molar-refractivity contribution is 5.83. The van der Waals surface area contributed by atoms with Crippen molar-refractivity contribution in [1.29, 1.82) is 0 Å². The zero-order chi connectivity index (χ0) is 14.6. The summed E-state index contributed by atoms with van der Waals surface area (Å²) < 4.78 is 0. The fourth-order valence-electron chi connectivity index (χ4n) is 3.88. The molecule has 1 aliphatic heterocycles. The second-order valence-electron chi connectivity index (χ2n) is 6.99. The van der Waals surface area contributed by atoms with Gasteiger partial charge in [0.2, 0.25) is 5.91 Å². The van der Waals surface area contributed by atoms with Crippen LogP contribution in [0.15, 0.2) is 0 Å². The maximum absolute atomic E-state index is 12.2. The lowest BCUT2D eigenvalue weighted by molar-refractivity contribution is -0.138. The largest absolute Gasteiger partial charge is 0.356 e. The van der Waals surface area contributed by atoms with E-state index in [2.05, 4.69) is 24.1 Å². The van der Waals surface area contributed by atoms with Crippen LogP contribution in [-0.4, -0.2) is 43.0 Å². The summed E-state index contributed by atoms with van der Waals surface area (Å²) in [6.45, 7) is 8.12. The minimum atomic E-state index is -0.252. The summed E-state index contributed by atoms with van der Waals surface area (Å²) in [6.07, 6.45) is 6.97. The number of hydrogen-bond acceptors (Lipinski definition) is 3. The van der Waals surface area contributed by atoms with Gasteiger partial charge >= 0.3 is 0 Å². The summed E-state index contributed by atoms with van der Waals surface area (Å²) in [5.41, 5.74) is 5.55. The maximum Gasteiger partial charge on any atom is 0.227 e. The molecule has 3 N–H and O–H groups in total. The number of carbonyl (C=O) groups is 1. The van der Waals surface area contributed by atoms with Gasteiger partial charge in [-0.2, -0.15) is 0 Å². The molecular weight excluding hydrogens is 250 g/mol. The van der Waals surface area contributed by atoms with Crippen molar-refractivity contribution in [2.24, 2.45) is 17.1 Å². The van der Waals surface area contributed by atoms with Crippen LogP contribution in [0.4, 0.5) is 0 Å². The first-order valence-electron chi connectivity index (χ1n) is 8.30. The van der Waals surface area contributed by atoms with E-state index in [4.69, 9.17) is 5.73 Å². The van der Waals surface area contributed by atoms with Crippen LogP contribution in [-0.2, 0) is 4.79 Å². The fourth-order valence-corrected chi connectivity index (χ4v) is 3.88. The number of likely N-dealkylation sites (tertiary alicyclic amines) is 1. The molecular formula is C16H31N3O. The summed E-state index contributed by atoms with van der Waals surface area (Å²) in [5.74, 6) is 0.836. The molecule has 0 aromatic rings. The Balaban J connectivity index is 1.64. The average Bonchev–Trinajstić information content (AvgIpc) is 2.41. The van der Waals surface area contributed by atoms with E-state index < -0.39 is 0 Å². The number of nitrogens with two attached hydrogens (primary N) is 1. The highest BCUT2D eigenvalue weighted by Gasteiger charge is 2.46. The molecule has 4 nitrogen and oxygen atoms in total. The Labute approximate surface area is 123 Å². The van der Waals surface area contributed by atoms with Gasteiger partial charge in [-0.05, 0) is 51.5 Å². The summed E-state index contributed by atoms with van der Waals surface area (Å²) in [4.78, 5) is 14.8. The van der Waals surface area contributed by atoms with E-state index >= 15 is 0 Å². The van der Waals surface area contributed by atoms with E-state index in [1.807, 2.05) is 0 Å². The molecule has 1 saturated carbocycles. The molecule has 116 valence electrons. The number of nitrogens with one attached hydrogen (secondary N) is 1. The van der Waals surface area contributed by atoms with Gasteiger partial charge in [-0.15, -0.1) is 0 Å². The van der Waals surface area contributed by atoms with Crippen molar-refractivity contribution in [3.8, 4) is 0 Å². The second kappa shape index (κ2) is 6.90. The minimum absolute atomic E-state index is 0.185. The standard InChI is InChI=1S/C16H31N3O/c1-13-10-16(11-13,12-17)15(20)18-7-5-9-19-8-4-3-6-14(19)2/h13-14H,3-12,17H2,1-2H3,(H,18,20). The van der Waals surface area contributed by atoms with Crippen molar-refractivity contribution in [3.63, 3.8) is 0 Å². The third-order valence-corrected chi connectivity index (χ3v) is 5.20. The zero-order valence-electron chi connectivity index (χ0n) is 13.2. The van der Waals surface area contributed by atoms with E-state index in [0.717, 1.165) is 32.4 Å². The summed E-state index contributed by atoms with van der Waals surface area (Å²) in [5, 5.41) is 3.11. The van der Waals surface area contributed by atoms with Gasteiger partial charge in [0.1, 0.15) is 0 Å². The number of nitrogens with zero attached hydrogens (tertiary/aromatic N) is 1. The molecule has 2 aliphatic rings.